The summed E-state index contributed by atoms with van der Waals surface area (Å²) in [6.07, 6.45) is 1.93. The van der Waals surface area contributed by atoms with Crippen molar-refractivity contribution in [3.05, 3.63) is 11.8 Å². The van der Waals surface area contributed by atoms with Crippen LogP contribution in [0.1, 0.15) is 44.2 Å². The summed E-state index contributed by atoms with van der Waals surface area (Å²) in [4.78, 5) is 7.05. The molecule has 0 unspecified atom stereocenters. The molecule has 1 saturated carbocycles. The molecule has 0 radical (unpaired) electrons. The molecule has 0 saturated heterocycles. The van der Waals surface area contributed by atoms with Crippen LogP contribution in [-0.2, 0) is 6.18 Å². The molecule has 0 atom stereocenters. The average molecular weight is 274 g/mol. The minimum absolute atomic E-state index is 0.159. The highest BCUT2D eigenvalue weighted by atomic mass is 19.4. The molecule has 4 nitrogen and oxygen atoms in total. The van der Waals surface area contributed by atoms with Crippen molar-refractivity contribution in [2.45, 2.75) is 50.7 Å². The van der Waals surface area contributed by atoms with Crippen LogP contribution < -0.4 is 11.1 Å². The summed E-state index contributed by atoms with van der Waals surface area (Å²) in [5.74, 6) is -0.197. The van der Waals surface area contributed by atoms with Gasteiger partial charge in [0.2, 0.25) is 5.95 Å². The first-order chi connectivity index (χ1) is 8.95. The number of halogens is 3. The first-order valence-electron chi connectivity index (χ1n) is 6.43. The van der Waals surface area contributed by atoms with Gasteiger partial charge in [-0.25, -0.2) is 4.98 Å². The molecule has 0 aliphatic heterocycles. The number of hydrogen-bond acceptors (Lipinski definition) is 4. The van der Waals surface area contributed by atoms with E-state index in [1.165, 1.54) is 12.8 Å². The maximum Gasteiger partial charge on any atom is 0.433 e. The zero-order chi connectivity index (χ0) is 13.9. The molecule has 0 bridgehead atoms. The molecule has 0 amide bonds. The molecular formula is C12H17F3N4. The van der Waals surface area contributed by atoms with Crippen LogP contribution in [0.3, 0.4) is 0 Å². The number of nitrogens with two attached hydrogens (primary N) is 1. The number of alkyl halides is 3. The number of rotatable bonds is 2. The second kappa shape index (κ2) is 5.63. The van der Waals surface area contributed by atoms with Gasteiger partial charge in [-0.1, -0.05) is 25.7 Å². The van der Waals surface area contributed by atoms with E-state index in [4.69, 9.17) is 5.73 Å². The number of nitrogens with one attached hydrogen (secondary N) is 1. The molecule has 3 N–H and O–H groups in total. The third-order valence-electron chi connectivity index (χ3n) is 3.24. The van der Waals surface area contributed by atoms with E-state index in [1.807, 2.05) is 0 Å². The van der Waals surface area contributed by atoms with E-state index in [9.17, 15) is 13.2 Å². The van der Waals surface area contributed by atoms with Crippen molar-refractivity contribution in [3.63, 3.8) is 0 Å². The summed E-state index contributed by atoms with van der Waals surface area (Å²) in [5.41, 5.74) is 4.33. The lowest BCUT2D eigenvalue weighted by Crippen LogP contribution is -2.21. The maximum absolute atomic E-state index is 12.6. The lowest BCUT2D eigenvalue weighted by molar-refractivity contribution is -0.141. The van der Waals surface area contributed by atoms with Gasteiger partial charge >= 0.3 is 6.18 Å². The van der Waals surface area contributed by atoms with E-state index in [0.29, 0.717) is 0 Å². The summed E-state index contributed by atoms with van der Waals surface area (Å²) < 4.78 is 37.9. The molecular weight excluding hydrogens is 257 g/mol. The first kappa shape index (κ1) is 13.9. The number of anilines is 2. The molecule has 1 aromatic rings. The first-order valence-corrected chi connectivity index (χ1v) is 6.43. The highest BCUT2D eigenvalue weighted by molar-refractivity contribution is 5.42. The molecule has 19 heavy (non-hydrogen) atoms. The number of nitrogen functional groups attached to an aromatic ring is 1. The quantitative estimate of drug-likeness (QED) is 0.813. The van der Waals surface area contributed by atoms with Crippen LogP contribution >= 0.6 is 0 Å². The van der Waals surface area contributed by atoms with E-state index in [0.717, 1.165) is 31.7 Å². The predicted molar refractivity (Wildman–Crippen MR) is 66.6 cm³/mol. The molecule has 1 fully saturated rings. The molecule has 1 aromatic heterocycles. The third kappa shape index (κ3) is 3.97. The number of aromatic nitrogens is 2. The fraction of sp³-hybridized carbons (Fsp3) is 0.667. The molecule has 0 spiro atoms. The Balaban J connectivity index is 2.13. The Labute approximate surface area is 109 Å². The topological polar surface area (TPSA) is 63.8 Å². The van der Waals surface area contributed by atoms with Crippen LogP contribution in [0.4, 0.5) is 24.9 Å². The Kier molecular flexibility index (Phi) is 4.11. The molecule has 7 heteroatoms. The van der Waals surface area contributed by atoms with Gasteiger partial charge in [0.15, 0.2) is 5.69 Å². The summed E-state index contributed by atoms with van der Waals surface area (Å²) >= 11 is 0. The molecule has 106 valence electrons. The molecule has 1 aliphatic rings. The van der Waals surface area contributed by atoms with E-state index in [2.05, 4.69) is 15.3 Å². The van der Waals surface area contributed by atoms with Crippen molar-refractivity contribution in [2.24, 2.45) is 0 Å². The van der Waals surface area contributed by atoms with Crippen LogP contribution in [0.2, 0.25) is 0 Å². The molecule has 1 aliphatic carbocycles. The van der Waals surface area contributed by atoms with Gasteiger partial charge in [-0.2, -0.15) is 18.2 Å². The van der Waals surface area contributed by atoms with Crippen LogP contribution in [0.5, 0.6) is 0 Å². The van der Waals surface area contributed by atoms with Gasteiger partial charge in [0.05, 0.1) is 0 Å². The monoisotopic (exact) mass is 274 g/mol. The van der Waals surface area contributed by atoms with E-state index >= 15 is 0 Å². The Bertz CT molecular complexity index is 425. The lowest BCUT2D eigenvalue weighted by atomic mass is 10.1. The van der Waals surface area contributed by atoms with Crippen molar-refractivity contribution in [1.82, 2.24) is 9.97 Å². The van der Waals surface area contributed by atoms with E-state index in [-0.39, 0.29) is 17.8 Å². The maximum atomic E-state index is 12.6. The summed E-state index contributed by atoms with van der Waals surface area (Å²) in [7, 11) is 0. The van der Waals surface area contributed by atoms with Gasteiger partial charge in [-0.05, 0) is 12.8 Å². The van der Waals surface area contributed by atoms with Crippen LogP contribution in [0.25, 0.3) is 0 Å². The fourth-order valence-electron chi connectivity index (χ4n) is 2.32. The Morgan fingerprint density at radius 1 is 1.11 bits per heavy atom. The SMILES string of the molecule is Nc1nc(NC2CCCCCC2)cc(C(F)(F)F)n1. The Morgan fingerprint density at radius 2 is 1.74 bits per heavy atom. The lowest BCUT2D eigenvalue weighted by Gasteiger charge is -2.17. The van der Waals surface area contributed by atoms with Gasteiger partial charge in [0, 0.05) is 12.1 Å². The molecule has 0 aromatic carbocycles. The average Bonchev–Trinajstić information content (AvgIpc) is 2.55. The van der Waals surface area contributed by atoms with Gasteiger partial charge in [-0.3, -0.25) is 0 Å². The minimum atomic E-state index is -4.50. The van der Waals surface area contributed by atoms with Crippen LogP contribution in [-0.4, -0.2) is 16.0 Å². The minimum Gasteiger partial charge on any atom is -0.368 e. The Hall–Kier alpha value is -1.53. The van der Waals surface area contributed by atoms with Crippen molar-refractivity contribution in [3.8, 4) is 0 Å². The van der Waals surface area contributed by atoms with Crippen molar-refractivity contribution < 1.29 is 13.2 Å². The van der Waals surface area contributed by atoms with Crippen molar-refractivity contribution >= 4 is 11.8 Å². The second-order valence-corrected chi connectivity index (χ2v) is 4.83. The molecule has 1 heterocycles. The van der Waals surface area contributed by atoms with E-state index in [1.54, 1.807) is 0 Å². The van der Waals surface area contributed by atoms with Crippen molar-refractivity contribution in [2.75, 3.05) is 11.1 Å². The zero-order valence-electron chi connectivity index (χ0n) is 10.5. The van der Waals surface area contributed by atoms with Gasteiger partial charge < -0.3 is 11.1 Å². The van der Waals surface area contributed by atoms with Crippen molar-refractivity contribution in [1.29, 1.82) is 0 Å². The predicted octanol–water partition coefficient (Wildman–Crippen LogP) is 3.21. The smallest absolute Gasteiger partial charge is 0.368 e. The van der Waals surface area contributed by atoms with Crippen LogP contribution in [0, 0.1) is 0 Å². The largest absolute Gasteiger partial charge is 0.433 e. The third-order valence-corrected chi connectivity index (χ3v) is 3.24. The zero-order valence-corrected chi connectivity index (χ0v) is 10.5. The van der Waals surface area contributed by atoms with E-state index < -0.39 is 11.9 Å². The summed E-state index contributed by atoms with van der Waals surface area (Å²) in [6, 6.07) is 1.08. The number of hydrogen-bond donors (Lipinski definition) is 2. The highest BCUT2D eigenvalue weighted by Gasteiger charge is 2.33. The summed E-state index contributed by atoms with van der Waals surface area (Å²) in [6.45, 7) is 0. The number of nitrogens with zero attached hydrogens (tertiary/aromatic N) is 2. The Morgan fingerprint density at radius 3 is 2.32 bits per heavy atom. The van der Waals surface area contributed by atoms with Crippen LogP contribution in [0.15, 0.2) is 6.07 Å². The normalized spacial score (nSPS) is 18.1. The van der Waals surface area contributed by atoms with Gasteiger partial charge in [0.1, 0.15) is 5.82 Å². The summed E-state index contributed by atoms with van der Waals surface area (Å²) in [5, 5.41) is 3.04. The second-order valence-electron chi connectivity index (χ2n) is 4.83. The highest BCUT2D eigenvalue weighted by Crippen LogP contribution is 2.30. The van der Waals surface area contributed by atoms with Gasteiger partial charge in [0.25, 0.3) is 0 Å². The molecule has 2 rings (SSSR count). The van der Waals surface area contributed by atoms with Gasteiger partial charge in [-0.15, -0.1) is 0 Å². The standard InChI is InChI=1S/C12H17F3N4/c13-12(14,15)9-7-10(19-11(16)18-9)17-8-5-3-1-2-4-6-8/h7-8H,1-6H2,(H3,16,17,18,19). The fourth-order valence-corrected chi connectivity index (χ4v) is 2.32.